The number of ether oxygens (including phenoxy) is 2. The number of rotatable bonds is 2. The van der Waals surface area contributed by atoms with Crippen molar-refractivity contribution in [3.63, 3.8) is 0 Å². The van der Waals surface area contributed by atoms with Crippen LogP contribution in [0.25, 0.3) is 0 Å². The molecule has 0 bridgehead atoms. The van der Waals surface area contributed by atoms with Crippen molar-refractivity contribution in [1.82, 2.24) is 0 Å². The Bertz CT molecular complexity index is 655. The van der Waals surface area contributed by atoms with E-state index in [4.69, 9.17) is 9.47 Å². The number of carbonyl (C=O) groups is 2. The molecule has 0 amide bonds. The van der Waals surface area contributed by atoms with Crippen molar-refractivity contribution in [2.24, 2.45) is 22.7 Å². The lowest BCUT2D eigenvalue weighted by atomic mass is 9.48. The van der Waals surface area contributed by atoms with E-state index in [2.05, 4.69) is 26.8 Å². The van der Waals surface area contributed by atoms with E-state index in [1.807, 2.05) is 0 Å². The van der Waals surface area contributed by atoms with Gasteiger partial charge in [0.25, 0.3) is 0 Å². The highest BCUT2D eigenvalue weighted by Crippen LogP contribution is 2.60. The predicted octanol–water partition coefficient (Wildman–Crippen LogP) is 3.46. The molecule has 0 heterocycles. The third-order valence-corrected chi connectivity index (χ3v) is 6.57. The third kappa shape index (κ3) is 2.15. The first-order valence-corrected chi connectivity index (χ1v) is 8.78. The lowest BCUT2D eigenvalue weighted by Gasteiger charge is -2.56. The Morgan fingerprint density at radius 1 is 1.08 bits per heavy atom. The number of methoxy groups -OCH3 is 2. The van der Waals surface area contributed by atoms with Gasteiger partial charge in [0.1, 0.15) is 0 Å². The summed E-state index contributed by atoms with van der Waals surface area (Å²) in [5.74, 6) is -0.674. The van der Waals surface area contributed by atoms with Crippen LogP contribution in [0.4, 0.5) is 0 Å². The minimum atomic E-state index is -0.483. The number of hydrogen-bond donors (Lipinski definition) is 0. The molecule has 4 heteroatoms. The van der Waals surface area contributed by atoms with E-state index in [9.17, 15) is 9.59 Å². The summed E-state index contributed by atoms with van der Waals surface area (Å²) in [6.45, 7) is 8.36. The minimum Gasteiger partial charge on any atom is -0.493 e. The van der Waals surface area contributed by atoms with Gasteiger partial charge in [-0.15, -0.1) is 0 Å². The molecule has 0 aromatic heterocycles. The molecule has 0 radical (unpaired) electrons. The molecule has 1 fully saturated rings. The molecule has 0 N–H and O–H groups in total. The van der Waals surface area contributed by atoms with E-state index in [-0.39, 0.29) is 40.2 Å². The van der Waals surface area contributed by atoms with Crippen molar-refractivity contribution in [3.8, 4) is 0 Å². The van der Waals surface area contributed by atoms with E-state index < -0.39 is 5.92 Å². The molecule has 4 nitrogen and oxygen atoms in total. The van der Waals surface area contributed by atoms with Crippen molar-refractivity contribution >= 4 is 11.6 Å². The van der Waals surface area contributed by atoms with Crippen LogP contribution in [0.3, 0.4) is 0 Å². The maximum atomic E-state index is 13.2. The summed E-state index contributed by atoms with van der Waals surface area (Å²) < 4.78 is 10.9. The second kappa shape index (κ2) is 5.55. The van der Waals surface area contributed by atoms with E-state index in [1.165, 1.54) is 12.7 Å². The summed E-state index contributed by atoms with van der Waals surface area (Å²) in [6.07, 6.45) is 4.87. The number of hydrogen-bond acceptors (Lipinski definition) is 4. The molecule has 0 aliphatic heterocycles. The van der Waals surface area contributed by atoms with Crippen LogP contribution in [0.5, 0.6) is 0 Å². The molecule has 0 aromatic rings. The molecule has 3 rings (SSSR count). The fraction of sp³-hybridized carbons (Fsp3) is 0.700. The smallest absolute Gasteiger partial charge is 0.204 e. The van der Waals surface area contributed by atoms with Gasteiger partial charge in [-0.1, -0.05) is 38.8 Å². The average Bonchev–Trinajstić information content (AvgIpc) is 2.51. The van der Waals surface area contributed by atoms with Crippen molar-refractivity contribution in [2.45, 2.75) is 53.1 Å². The molecule has 0 spiro atoms. The van der Waals surface area contributed by atoms with E-state index >= 15 is 0 Å². The zero-order chi connectivity index (χ0) is 17.9. The maximum absolute atomic E-state index is 13.2. The summed E-state index contributed by atoms with van der Waals surface area (Å²) >= 11 is 0. The van der Waals surface area contributed by atoms with Gasteiger partial charge in [0.15, 0.2) is 11.5 Å². The Hall–Kier alpha value is -1.42. The molecule has 3 aliphatic rings. The van der Waals surface area contributed by atoms with E-state index in [0.29, 0.717) is 5.57 Å². The second-order valence-electron chi connectivity index (χ2n) is 8.33. The number of fused-ring (bicyclic) bond motifs is 3. The summed E-state index contributed by atoms with van der Waals surface area (Å²) in [5.41, 5.74) is 1.49. The highest BCUT2D eigenvalue weighted by atomic mass is 16.5. The lowest BCUT2D eigenvalue weighted by molar-refractivity contribution is -0.144. The van der Waals surface area contributed by atoms with Gasteiger partial charge in [0, 0.05) is 18.6 Å². The summed E-state index contributed by atoms with van der Waals surface area (Å²) in [6, 6.07) is 0. The van der Waals surface area contributed by atoms with Gasteiger partial charge in [-0.2, -0.15) is 0 Å². The molecule has 0 unspecified atom stereocenters. The van der Waals surface area contributed by atoms with Gasteiger partial charge in [-0.25, -0.2) is 0 Å². The summed E-state index contributed by atoms with van der Waals surface area (Å²) in [5, 5.41) is 0. The zero-order valence-electron chi connectivity index (χ0n) is 15.6. The number of allylic oxidation sites excluding steroid dienone is 3. The first kappa shape index (κ1) is 17.4. The number of ketones is 2. The third-order valence-electron chi connectivity index (χ3n) is 6.57. The standard InChI is InChI=1S/C20H28O4/c1-11-16(21)15-14(17(22)18(11)24-6)12(23-5)10-13-19(2,3)8-7-9-20(13,15)4/h10,12,14-15H,7-9H2,1-6H3/t12-,14-,15+,20+/m1/s1. The highest BCUT2D eigenvalue weighted by Gasteiger charge is 2.60. The Morgan fingerprint density at radius 3 is 2.33 bits per heavy atom. The van der Waals surface area contributed by atoms with E-state index in [0.717, 1.165) is 19.3 Å². The van der Waals surface area contributed by atoms with Gasteiger partial charge < -0.3 is 9.47 Å². The van der Waals surface area contributed by atoms with Gasteiger partial charge in [-0.3, -0.25) is 9.59 Å². The first-order valence-electron chi connectivity index (χ1n) is 8.78. The van der Waals surface area contributed by atoms with Gasteiger partial charge in [-0.05, 0) is 30.6 Å². The minimum absolute atomic E-state index is 0.0250. The van der Waals surface area contributed by atoms with Crippen LogP contribution in [-0.4, -0.2) is 31.9 Å². The van der Waals surface area contributed by atoms with Crippen LogP contribution in [0.15, 0.2) is 23.0 Å². The maximum Gasteiger partial charge on any atom is 0.204 e. The van der Waals surface area contributed by atoms with Crippen LogP contribution in [-0.2, 0) is 19.1 Å². The average molecular weight is 332 g/mol. The molecule has 0 saturated heterocycles. The van der Waals surface area contributed by atoms with Crippen molar-refractivity contribution in [1.29, 1.82) is 0 Å². The molecule has 1 saturated carbocycles. The Kier molecular flexibility index (Phi) is 4.03. The number of Topliss-reactive ketones (excluding diaryl/α,β-unsaturated/α-hetero) is 2. The lowest BCUT2D eigenvalue weighted by Crippen LogP contribution is -2.56. The largest absolute Gasteiger partial charge is 0.493 e. The molecule has 24 heavy (non-hydrogen) atoms. The Morgan fingerprint density at radius 2 is 1.75 bits per heavy atom. The Labute approximate surface area is 144 Å². The predicted molar refractivity (Wildman–Crippen MR) is 91.3 cm³/mol. The molecule has 4 atom stereocenters. The quantitative estimate of drug-likeness (QED) is 0.727. The monoisotopic (exact) mass is 332 g/mol. The van der Waals surface area contributed by atoms with Crippen LogP contribution in [0.2, 0.25) is 0 Å². The van der Waals surface area contributed by atoms with Crippen molar-refractivity contribution < 1.29 is 19.1 Å². The Balaban J connectivity index is 2.22. The summed E-state index contributed by atoms with van der Waals surface area (Å²) in [4.78, 5) is 26.3. The first-order chi connectivity index (χ1) is 11.2. The normalized spacial score (nSPS) is 38.4. The van der Waals surface area contributed by atoms with Crippen molar-refractivity contribution in [2.75, 3.05) is 14.2 Å². The van der Waals surface area contributed by atoms with Crippen molar-refractivity contribution in [3.05, 3.63) is 23.0 Å². The van der Waals surface area contributed by atoms with E-state index in [1.54, 1.807) is 14.0 Å². The van der Waals surface area contributed by atoms with Crippen LogP contribution >= 0.6 is 0 Å². The van der Waals surface area contributed by atoms with Gasteiger partial charge in [0.05, 0.1) is 19.1 Å². The SMILES string of the molecule is COC1=C(C)C(=O)[C@@H]2[C@H](C1=O)[C@H](OC)C=C1C(C)(C)CCC[C@@]12C. The summed E-state index contributed by atoms with van der Waals surface area (Å²) in [7, 11) is 3.08. The van der Waals surface area contributed by atoms with Crippen LogP contribution < -0.4 is 0 Å². The van der Waals surface area contributed by atoms with Gasteiger partial charge >= 0.3 is 0 Å². The fourth-order valence-corrected chi connectivity index (χ4v) is 5.44. The molecule has 3 aliphatic carbocycles. The number of carbonyl (C=O) groups excluding carboxylic acids is 2. The zero-order valence-corrected chi connectivity index (χ0v) is 15.6. The highest BCUT2D eigenvalue weighted by molar-refractivity contribution is 6.13. The van der Waals surface area contributed by atoms with Crippen LogP contribution in [0, 0.1) is 22.7 Å². The topological polar surface area (TPSA) is 52.6 Å². The van der Waals surface area contributed by atoms with Gasteiger partial charge in [0.2, 0.25) is 5.78 Å². The molecular formula is C20H28O4. The molecule has 132 valence electrons. The molecule has 0 aromatic carbocycles. The molecular weight excluding hydrogens is 304 g/mol. The second-order valence-corrected chi connectivity index (χ2v) is 8.33. The fourth-order valence-electron chi connectivity index (χ4n) is 5.44. The van der Waals surface area contributed by atoms with Crippen LogP contribution in [0.1, 0.15) is 47.0 Å².